The molecule has 4 heteroatoms. The third kappa shape index (κ3) is 6.82. The van der Waals surface area contributed by atoms with E-state index in [0.717, 1.165) is 30.9 Å². The Hall–Kier alpha value is -1.26. The van der Waals surface area contributed by atoms with Crippen molar-refractivity contribution >= 4 is 0 Å². The molecule has 1 rings (SSSR count). The Labute approximate surface area is 129 Å². The van der Waals surface area contributed by atoms with Gasteiger partial charge in [0.2, 0.25) is 0 Å². The van der Waals surface area contributed by atoms with Crippen molar-refractivity contribution in [2.75, 3.05) is 19.8 Å². The van der Waals surface area contributed by atoms with Crippen LogP contribution >= 0.6 is 0 Å². The lowest BCUT2D eigenvalue weighted by Crippen LogP contribution is -2.37. The summed E-state index contributed by atoms with van der Waals surface area (Å²) >= 11 is 0. The Balaban J connectivity index is 2.68. The monoisotopic (exact) mass is 294 g/mol. The number of hydrogen-bond acceptors (Lipinski definition) is 4. The van der Waals surface area contributed by atoms with E-state index in [9.17, 15) is 0 Å². The van der Waals surface area contributed by atoms with E-state index in [2.05, 4.69) is 31.3 Å². The summed E-state index contributed by atoms with van der Waals surface area (Å²) in [5, 5.41) is 3.43. The zero-order valence-electron chi connectivity index (χ0n) is 13.8. The number of benzene rings is 1. The van der Waals surface area contributed by atoms with Crippen molar-refractivity contribution in [1.82, 2.24) is 5.32 Å². The number of hydrogen-bond donors (Lipinski definition) is 2. The summed E-state index contributed by atoms with van der Waals surface area (Å²) in [7, 11) is 0. The summed E-state index contributed by atoms with van der Waals surface area (Å²) in [5.41, 5.74) is 7.01. The summed E-state index contributed by atoms with van der Waals surface area (Å²) < 4.78 is 11.4. The standard InChI is InChI=1S/C17H30N2O2/c1-5-9-21-16-8-7-15(11-17(16)20-6-2)10-14(4)19-12-13(3)18/h7-8,11,13-14,19H,5-6,9-10,12,18H2,1-4H3. The lowest BCUT2D eigenvalue weighted by Gasteiger charge is -2.17. The maximum Gasteiger partial charge on any atom is 0.161 e. The number of nitrogens with two attached hydrogens (primary N) is 1. The van der Waals surface area contributed by atoms with E-state index >= 15 is 0 Å². The van der Waals surface area contributed by atoms with Gasteiger partial charge in [0.25, 0.3) is 0 Å². The average molecular weight is 294 g/mol. The van der Waals surface area contributed by atoms with Gasteiger partial charge < -0.3 is 20.5 Å². The summed E-state index contributed by atoms with van der Waals surface area (Å²) in [6, 6.07) is 6.76. The smallest absolute Gasteiger partial charge is 0.161 e. The highest BCUT2D eigenvalue weighted by Crippen LogP contribution is 2.29. The van der Waals surface area contributed by atoms with Gasteiger partial charge in [-0.05, 0) is 51.3 Å². The molecule has 0 amide bonds. The van der Waals surface area contributed by atoms with Crippen molar-refractivity contribution in [1.29, 1.82) is 0 Å². The van der Waals surface area contributed by atoms with E-state index in [1.165, 1.54) is 5.56 Å². The van der Waals surface area contributed by atoms with Gasteiger partial charge >= 0.3 is 0 Å². The van der Waals surface area contributed by atoms with Crippen LogP contribution in [0.2, 0.25) is 0 Å². The van der Waals surface area contributed by atoms with Crippen molar-refractivity contribution in [3.05, 3.63) is 23.8 Å². The molecular weight excluding hydrogens is 264 g/mol. The molecule has 120 valence electrons. The second-order valence-corrected chi connectivity index (χ2v) is 5.55. The molecule has 0 fully saturated rings. The lowest BCUT2D eigenvalue weighted by molar-refractivity contribution is 0.276. The minimum atomic E-state index is 0.177. The SMILES string of the molecule is CCCOc1ccc(CC(C)NCC(C)N)cc1OCC. The average Bonchev–Trinajstić information content (AvgIpc) is 2.45. The third-order valence-electron chi connectivity index (χ3n) is 3.10. The van der Waals surface area contributed by atoms with E-state index in [1.807, 2.05) is 19.9 Å². The highest BCUT2D eigenvalue weighted by atomic mass is 16.5. The zero-order valence-corrected chi connectivity index (χ0v) is 13.8. The molecule has 3 N–H and O–H groups in total. The Kier molecular flexibility index (Phi) is 8.16. The first-order valence-corrected chi connectivity index (χ1v) is 7.94. The second-order valence-electron chi connectivity index (χ2n) is 5.55. The van der Waals surface area contributed by atoms with Crippen LogP contribution in [0, 0.1) is 0 Å². The summed E-state index contributed by atoms with van der Waals surface area (Å²) in [4.78, 5) is 0. The molecule has 0 bridgehead atoms. The third-order valence-corrected chi connectivity index (χ3v) is 3.10. The molecule has 4 nitrogen and oxygen atoms in total. The van der Waals surface area contributed by atoms with Gasteiger partial charge in [-0.3, -0.25) is 0 Å². The first-order chi connectivity index (χ1) is 10.1. The molecule has 21 heavy (non-hydrogen) atoms. The number of ether oxygens (including phenoxy) is 2. The van der Waals surface area contributed by atoms with E-state index in [0.29, 0.717) is 19.3 Å². The van der Waals surface area contributed by atoms with Gasteiger partial charge in [0.15, 0.2) is 11.5 Å². The lowest BCUT2D eigenvalue weighted by atomic mass is 10.1. The Morgan fingerprint density at radius 3 is 2.52 bits per heavy atom. The topological polar surface area (TPSA) is 56.5 Å². The van der Waals surface area contributed by atoms with Gasteiger partial charge in [-0.1, -0.05) is 13.0 Å². The zero-order chi connectivity index (χ0) is 15.7. The van der Waals surface area contributed by atoms with Crippen molar-refractivity contribution in [2.45, 2.75) is 52.6 Å². The quantitative estimate of drug-likeness (QED) is 0.696. The van der Waals surface area contributed by atoms with Gasteiger partial charge in [-0.15, -0.1) is 0 Å². The predicted molar refractivity (Wildman–Crippen MR) is 88.2 cm³/mol. The maximum atomic E-state index is 5.77. The van der Waals surface area contributed by atoms with Crippen LogP contribution in [0.1, 0.15) is 39.7 Å². The van der Waals surface area contributed by atoms with Crippen molar-refractivity contribution in [3.63, 3.8) is 0 Å². The van der Waals surface area contributed by atoms with E-state index in [4.69, 9.17) is 15.2 Å². The van der Waals surface area contributed by atoms with Crippen LogP contribution in [-0.2, 0) is 6.42 Å². The van der Waals surface area contributed by atoms with Gasteiger partial charge in [0.1, 0.15) is 0 Å². The summed E-state index contributed by atoms with van der Waals surface area (Å²) in [6.07, 6.45) is 1.94. The Morgan fingerprint density at radius 2 is 1.90 bits per heavy atom. The van der Waals surface area contributed by atoms with Gasteiger partial charge in [-0.25, -0.2) is 0 Å². The van der Waals surface area contributed by atoms with Crippen molar-refractivity contribution < 1.29 is 9.47 Å². The van der Waals surface area contributed by atoms with Crippen LogP contribution in [0.25, 0.3) is 0 Å². The molecule has 0 heterocycles. The molecular formula is C17H30N2O2. The Morgan fingerprint density at radius 1 is 1.14 bits per heavy atom. The number of nitrogens with one attached hydrogen (secondary N) is 1. The molecule has 2 unspecified atom stereocenters. The molecule has 0 spiro atoms. The highest BCUT2D eigenvalue weighted by molar-refractivity contribution is 5.43. The molecule has 0 aromatic heterocycles. The maximum absolute atomic E-state index is 5.77. The molecule has 0 aliphatic carbocycles. The molecule has 1 aromatic rings. The largest absolute Gasteiger partial charge is 0.490 e. The predicted octanol–water partition coefficient (Wildman–Crippen LogP) is 2.74. The van der Waals surface area contributed by atoms with Gasteiger partial charge in [0, 0.05) is 18.6 Å². The van der Waals surface area contributed by atoms with E-state index in [-0.39, 0.29) is 6.04 Å². The number of rotatable bonds is 10. The molecule has 0 aliphatic rings. The molecule has 2 atom stereocenters. The second kappa shape index (κ2) is 9.64. The fourth-order valence-electron chi connectivity index (χ4n) is 2.09. The molecule has 1 aromatic carbocycles. The normalized spacial score (nSPS) is 13.8. The van der Waals surface area contributed by atoms with E-state index < -0.39 is 0 Å². The molecule has 0 radical (unpaired) electrons. The van der Waals surface area contributed by atoms with Crippen LogP contribution in [0.4, 0.5) is 0 Å². The molecule has 0 saturated heterocycles. The van der Waals surface area contributed by atoms with Crippen LogP contribution in [-0.4, -0.2) is 31.8 Å². The van der Waals surface area contributed by atoms with Crippen molar-refractivity contribution in [3.8, 4) is 11.5 Å². The van der Waals surface area contributed by atoms with Crippen LogP contribution in [0.15, 0.2) is 18.2 Å². The van der Waals surface area contributed by atoms with Crippen LogP contribution < -0.4 is 20.5 Å². The molecule has 0 aliphatic heterocycles. The fraction of sp³-hybridized carbons (Fsp3) is 0.647. The molecule has 0 saturated carbocycles. The van der Waals surface area contributed by atoms with Crippen LogP contribution in [0.5, 0.6) is 11.5 Å². The van der Waals surface area contributed by atoms with E-state index in [1.54, 1.807) is 0 Å². The minimum absolute atomic E-state index is 0.177. The van der Waals surface area contributed by atoms with Gasteiger partial charge in [-0.2, -0.15) is 0 Å². The Bertz CT molecular complexity index is 408. The minimum Gasteiger partial charge on any atom is -0.490 e. The van der Waals surface area contributed by atoms with Gasteiger partial charge in [0.05, 0.1) is 13.2 Å². The fourth-order valence-corrected chi connectivity index (χ4v) is 2.09. The summed E-state index contributed by atoms with van der Waals surface area (Å²) in [5.74, 6) is 1.67. The first-order valence-electron chi connectivity index (χ1n) is 7.94. The van der Waals surface area contributed by atoms with Crippen molar-refractivity contribution in [2.24, 2.45) is 5.73 Å². The van der Waals surface area contributed by atoms with Crippen LogP contribution in [0.3, 0.4) is 0 Å². The first kappa shape index (κ1) is 17.8. The highest BCUT2D eigenvalue weighted by Gasteiger charge is 2.09. The summed E-state index contributed by atoms with van der Waals surface area (Å²) in [6.45, 7) is 10.5.